The molecule has 1 rings (SSSR count). The number of carboxylic acid groups (broad SMARTS) is 1. The summed E-state index contributed by atoms with van der Waals surface area (Å²) in [5, 5.41) is 8.69. The van der Waals surface area contributed by atoms with Gasteiger partial charge in [0, 0.05) is 5.75 Å². The van der Waals surface area contributed by atoms with E-state index in [2.05, 4.69) is 12.6 Å². The van der Waals surface area contributed by atoms with Crippen LogP contribution in [0.1, 0.15) is 10.4 Å². The second-order valence-electron chi connectivity index (χ2n) is 2.88. The first-order valence-corrected chi connectivity index (χ1v) is 6.43. The minimum Gasteiger partial charge on any atom is -0.478 e. The second-order valence-corrected chi connectivity index (χ2v) is 5.43. The molecule has 0 atom stereocenters. The van der Waals surface area contributed by atoms with Gasteiger partial charge in [-0.05, 0) is 18.2 Å². The molecule has 0 unspecified atom stereocenters. The molecule has 82 valence electrons. The molecule has 0 aliphatic carbocycles. The molecule has 0 fully saturated rings. The molecule has 0 bridgehead atoms. The summed E-state index contributed by atoms with van der Waals surface area (Å²) in [4.78, 5) is 10.7. The predicted octanol–water partition coefficient (Wildman–Crippen LogP) is 1.09. The normalized spacial score (nSPS) is 11.3. The molecule has 1 N–H and O–H groups in total. The zero-order chi connectivity index (χ0) is 11.5. The molecule has 0 aliphatic rings. The molecule has 1 aromatic carbocycles. The van der Waals surface area contributed by atoms with Gasteiger partial charge in [-0.3, -0.25) is 0 Å². The van der Waals surface area contributed by atoms with Gasteiger partial charge in [-0.1, -0.05) is 6.07 Å². The zero-order valence-corrected chi connectivity index (χ0v) is 9.46. The Balaban J connectivity index is 3.16. The number of carboxylic acids is 1. The molecular weight excluding hydrogens is 236 g/mol. The van der Waals surface area contributed by atoms with Crippen molar-refractivity contribution >= 4 is 28.4 Å². The third-order valence-electron chi connectivity index (χ3n) is 1.80. The molecule has 0 aliphatic heterocycles. The van der Waals surface area contributed by atoms with Crippen molar-refractivity contribution in [2.45, 2.75) is 4.90 Å². The third-order valence-corrected chi connectivity index (χ3v) is 4.04. The van der Waals surface area contributed by atoms with Crippen LogP contribution in [0, 0.1) is 0 Å². The number of sulfone groups is 1. The lowest BCUT2D eigenvalue weighted by molar-refractivity contribution is 0.0696. The number of rotatable bonds is 4. The molecule has 0 spiro atoms. The Morgan fingerprint density at radius 2 is 2.07 bits per heavy atom. The number of hydrogen-bond acceptors (Lipinski definition) is 4. The molecule has 15 heavy (non-hydrogen) atoms. The van der Waals surface area contributed by atoms with Crippen LogP contribution in [0.2, 0.25) is 0 Å². The number of thiol groups is 1. The highest BCUT2D eigenvalue weighted by molar-refractivity contribution is 7.92. The van der Waals surface area contributed by atoms with Gasteiger partial charge >= 0.3 is 5.97 Å². The van der Waals surface area contributed by atoms with E-state index in [1.165, 1.54) is 18.2 Å². The highest BCUT2D eigenvalue weighted by Gasteiger charge is 2.14. The molecule has 0 aromatic heterocycles. The summed E-state index contributed by atoms with van der Waals surface area (Å²) in [6.45, 7) is 0. The fraction of sp³-hybridized carbons (Fsp3) is 0.222. The molecule has 1 aromatic rings. The van der Waals surface area contributed by atoms with Gasteiger partial charge in [0.05, 0.1) is 16.2 Å². The van der Waals surface area contributed by atoms with Crippen LogP contribution < -0.4 is 0 Å². The largest absolute Gasteiger partial charge is 0.478 e. The molecule has 0 saturated carbocycles. The van der Waals surface area contributed by atoms with Crippen LogP contribution in [-0.2, 0) is 9.84 Å². The average Bonchev–Trinajstić information content (AvgIpc) is 2.18. The van der Waals surface area contributed by atoms with E-state index in [0.717, 1.165) is 6.07 Å². The van der Waals surface area contributed by atoms with Crippen LogP contribution in [0.15, 0.2) is 29.2 Å². The second kappa shape index (κ2) is 4.67. The Kier molecular flexibility index (Phi) is 3.76. The Labute approximate surface area is 93.3 Å². The van der Waals surface area contributed by atoms with Crippen LogP contribution in [0.3, 0.4) is 0 Å². The van der Waals surface area contributed by atoms with E-state index >= 15 is 0 Å². The summed E-state index contributed by atoms with van der Waals surface area (Å²) >= 11 is 3.84. The molecule has 0 saturated heterocycles. The van der Waals surface area contributed by atoms with Gasteiger partial charge in [-0.25, -0.2) is 13.2 Å². The molecular formula is C9H10O4S2. The average molecular weight is 246 g/mol. The van der Waals surface area contributed by atoms with Crippen molar-refractivity contribution in [1.29, 1.82) is 0 Å². The Morgan fingerprint density at radius 1 is 1.40 bits per heavy atom. The number of hydrogen-bond donors (Lipinski definition) is 2. The van der Waals surface area contributed by atoms with Gasteiger partial charge in [0.2, 0.25) is 0 Å². The van der Waals surface area contributed by atoms with Crippen molar-refractivity contribution < 1.29 is 18.3 Å². The third kappa shape index (κ3) is 2.97. The topological polar surface area (TPSA) is 71.4 Å². The molecule has 0 amide bonds. The minimum absolute atomic E-state index is 0.0245. The Bertz CT molecular complexity index is 465. The van der Waals surface area contributed by atoms with Gasteiger partial charge < -0.3 is 5.11 Å². The molecule has 0 radical (unpaired) electrons. The van der Waals surface area contributed by atoms with Crippen molar-refractivity contribution in [2.75, 3.05) is 11.5 Å². The van der Waals surface area contributed by atoms with Crippen LogP contribution >= 0.6 is 12.6 Å². The lowest BCUT2D eigenvalue weighted by Crippen LogP contribution is -2.09. The molecule has 0 heterocycles. The fourth-order valence-corrected chi connectivity index (χ4v) is 2.85. The smallest absolute Gasteiger partial charge is 0.335 e. The van der Waals surface area contributed by atoms with Gasteiger partial charge in [-0.2, -0.15) is 12.6 Å². The Hall–Kier alpha value is -1.01. The summed E-state index contributed by atoms with van der Waals surface area (Å²) in [5.41, 5.74) is -0.0322. The highest BCUT2D eigenvalue weighted by Crippen LogP contribution is 2.13. The predicted molar refractivity (Wildman–Crippen MR) is 59.3 cm³/mol. The maximum atomic E-state index is 11.6. The van der Waals surface area contributed by atoms with Gasteiger partial charge in [0.1, 0.15) is 0 Å². The molecule has 4 nitrogen and oxygen atoms in total. The standard InChI is InChI=1S/C9H10O4S2/c10-9(11)7-2-1-3-8(6-7)15(12,13)5-4-14/h1-3,6,14H,4-5H2,(H,10,11). The first kappa shape index (κ1) is 12.1. The lowest BCUT2D eigenvalue weighted by atomic mass is 10.2. The number of aromatic carboxylic acids is 1. The van der Waals surface area contributed by atoms with E-state index in [0.29, 0.717) is 0 Å². The van der Waals surface area contributed by atoms with Crippen molar-refractivity contribution in [3.05, 3.63) is 29.8 Å². The summed E-state index contributed by atoms with van der Waals surface area (Å²) in [6, 6.07) is 5.29. The highest BCUT2D eigenvalue weighted by atomic mass is 32.2. The number of carbonyl (C=O) groups is 1. The van der Waals surface area contributed by atoms with E-state index in [9.17, 15) is 13.2 Å². The van der Waals surface area contributed by atoms with Crippen molar-refractivity contribution in [1.82, 2.24) is 0 Å². The first-order valence-electron chi connectivity index (χ1n) is 4.14. The lowest BCUT2D eigenvalue weighted by Gasteiger charge is -2.03. The van der Waals surface area contributed by atoms with E-state index in [-0.39, 0.29) is 22.0 Å². The van der Waals surface area contributed by atoms with E-state index in [4.69, 9.17) is 5.11 Å². The summed E-state index contributed by atoms with van der Waals surface area (Å²) in [7, 11) is -3.41. The van der Waals surface area contributed by atoms with E-state index in [1.807, 2.05) is 0 Å². The summed E-state index contributed by atoms with van der Waals surface area (Å²) in [6.07, 6.45) is 0. The monoisotopic (exact) mass is 246 g/mol. The SMILES string of the molecule is O=C(O)c1cccc(S(=O)(=O)CCS)c1. The Morgan fingerprint density at radius 3 is 2.60 bits per heavy atom. The van der Waals surface area contributed by atoms with Gasteiger partial charge in [0.25, 0.3) is 0 Å². The fourth-order valence-electron chi connectivity index (χ4n) is 1.06. The van der Waals surface area contributed by atoms with E-state index < -0.39 is 15.8 Å². The minimum atomic E-state index is -3.41. The van der Waals surface area contributed by atoms with Crippen LogP contribution in [-0.4, -0.2) is 31.0 Å². The maximum Gasteiger partial charge on any atom is 0.335 e. The quantitative estimate of drug-likeness (QED) is 0.780. The van der Waals surface area contributed by atoms with Crippen LogP contribution in [0.4, 0.5) is 0 Å². The van der Waals surface area contributed by atoms with E-state index in [1.54, 1.807) is 0 Å². The van der Waals surface area contributed by atoms with Crippen LogP contribution in [0.5, 0.6) is 0 Å². The van der Waals surface area contributed by atoms with Gasteiger partial charge in [-0.15, -0.1) is 0 Å². The van der Waals surface area contributed by atoms with Crippen molar-refractivity contribution in [3.8, 4) is 0 Å². The maximum absolute atomic E-state index is 11.6. The van der Waals surface area contributed by atoms with Crippen LogP contribution in [0.25, 0.3) is 0 Å². The summed E-state index contributed by atoms with van der Waals surface area (Å²) < 4.78 is 23.1. The van der Waals surface area contributed by atoms with Gasteiger partial charge in [0.15, 0.2) is 9.84 Å². The molecule has 6 heteroatoms. The van der Waals surface area contributed by atoms with Crippen molar-refractivity contribution in [2.24, 2.45) is 0 Å². The summed E-state index contributed by atoms with van der Waals surface area (Å²) in [5.74, 6) is -1.03. The first-order chi connectivity index (χ1) is 6.97. The van der Waals surface area contributed by atoms with Crippen molar-refractivity contribution in [3.63, 3.8) is 0 Å². The zero-order valence-electron chi connectivity index (χ0n) is 7.75. The number of benzene rings is 1.